The second-order valence-corrected chi connectivity index (χ2v) is 7.39. The summed E-state index contributed by atoms with van der Waals surface area (Å²) in [7, 11) is 0. The third kappa shape index (κ3) is 5.03. The van der Waals surface area contributed by atoms with Gasteiger partial charge in [0.1, 0.15) is 10.8 Å². The molecule has 0 radical (unpaired) electrons. The second-order valence-electron chi connectivity index (χ2n) is 6.58. The molecule has 0 unspecified atom stereocenters. The smallest absolute Gasteiger partial charge is 0.177 e. The lowest BCUT2D eigenvalue weighted by atomic mass is 10.2. The maximum Gasteiger partial charge on any atom is 0.177 e. The number of aromatic nitrogens is 4. The van der Waals surface area contributed by atoms with Gasteiger partial charge in [0.05, 0.1) is 13.1 Å². The van der Waals surface area contributed by atoms with Crippen LogP contribution in [0.2, 0.25) is 5.02 Å². The fourth-order valence-electron chi connectivity index (χ4n) is 2.91. The number of halogens is 2. The van der Waals surface area contributed by atoms with Gasteiger partial charge < -0.3 is 10.6 Å². The van der Waals surface area contributed by atoms with Gasteiger partial charge in [0.15, 0.2) is 16.7 Å². The zero-order chi connectivity index (χ0) is 20.9. The molecule has 2 N–H and O–H groups in total. The van der Waals surface area contributed by atoms with Crippen LogP contribution in [0, 0.1) is 5.82 Å². The minimum Gasteiger partial charge on any atom is -0.316 e. The van der Waals surface area contributed by atoms with Crippen molar-refractivity contribution in [1.82, 2.24) is 19.6 Å². The van der Waals surface area contributed by atoms with Gasteiger partial charge in [-0.2, -0.15) is 10.2 Å². The molecular weight excluding hydrogens is 423 g/mol. The Hall–Kier alpha value is -3.23. The van der Waals surface area contributed by atoms with Crippen LogP contribution in [0.25, 0.3) is 0 Å². The number of hydrogen-bond acceptors (Lipinski definition) is 3. The van der Waals surface area contributed by atoms with E-state index in [4.69, 9.17) is 23.8 Å². The van der Waals surface area contributed by atoms with Crippen molar-refractivity contribution in [2.75, 3.05) is 10.6 Å². The SMILES string of the molecule is Fc1ccccc1Cn1ccc(NC(=S)Nc2nn(Cc3ccccc3)cc2Cl)n1. The minimum atomic E-state index is -0.263. The van der Waals surface area contributed by atoms with E-state index < -0.39 is 0 Å². The molecule has 0 amide bonds. The van der Waals surface area contributed by atoms with Gasteiger partial charge in [-0.15, -0.1) is 0 Å². The van der Waals surface area contributed by atoms with E-state index in [1.807, 2.05) is 30.3 Å². The summed E-state index contributed by atoms with van der Waals surface area (Å²) >= 11 is 11.6. The van der Waals surface area contributed by atoms with Gasteiger partial charge in [0, 0.05) is 24.0 Å². The Bertz CT molecular complexity index is 1160. The Labute approximate surface area is 183 Å². The Morgan fingerprint density at radius 1 is 0.933 bits per heavy atom. The summed E-state index contributed by atoms with van der Waals surface area (Å²) in [4.78, 5) is 0. The summed E-state index contributed by atoms with van der Waals surface area (Å²) in [5, 5.41) is 15.5. The van der Waals surface area contributed by atoms with Crippen molar-refractivity contribution in [3.05, 3.63) is 95.0 Å². The monoisotopic (exact) mass is 440 g/mol. The van der Waals surface area contributed by atoms with Crippen molar-refractivity contribution in [3.63, 3.8) is 0 Å². The first-order valence-electron chi connectivity index (χ1n) is 9.18. The standard InChI is InChI=1S/C21H18ClFN6S/c22-17-14-29(12-15-6-2-1-3-7-15)27-20(17)25-21(30)24-19-10-11-28(26-19)13-16-8-4-5-9-18(16)23/h1-11,14H,12-13H2,(H2,24,25,26,27,30). The molecule has 0 saturated heterocycles. The van der Waals surface area contributed by atoms with Crippen molar-refractivity contribution in [2.24, 2.45) is 0 Å². The zero-order valence-corrected chi connectivity index (χ0v) is 17.4. The van der Waals surface area contributed by atoms with Crippen LogP contribution >= 0.6 is 23.8 Å². The highest BCUT2D eigenvalue weighted by Crippen LogP contribution is 2.20. The van der Waals surface area contributed by atoms with Gasteiger partial charge in [-0.25, -0.2) is 4.39 Å². The van der Waals surface area contributed by atoms with Crippen molar-refractivity contribution < 1.29 is 4.39 Å². The fourth-order valence-corrected chi connectivity index (χ4v) is 3.30. The molecule has 4 rings (SSSR count). The van der Waals surface area contributed by atoms with Crippen LogP contribution in [0.4, 0.5) is 16.0 Å². The summed E-state index contributed by atoms with van der Waals surface area (Å²) in [5.74, 6) is 0.722. The van der Waals surface area contributed by atoms with Crippen LogP contribution in [0.3, 0.4) is 0 Å². The second kappa shape index (κ2) is 9.06. The molecule has 2 aromatic heterocycles. The van der Waals surface area contributed by atoms with Crippen LogP contribution in [0.15, 0.2) is 73.1 Å². The first-order valence-corrected chi connectivity index (χ1v) is 9.97. The summed E-state index contributed by atoms with van der Waals surface area (Å²) in [6.07, 6.45) is 3.49. The van der Waals surface area contributed by atoms with Crippen LogP contribution in [-0.2, 0) is 13.1 Å². The van der Waals surface area contributed by atoms with Crippen molar-refractivity contribution in [2.45, 2.75) is 13.1 Å². The molecule has 9 heteroatoms. The topological polar surface area (TPSA) is 59.7 Å². The maximum atomic E-state index is 13.8. The number of nitrogens with zero attached hydrogens (tertiary/aromatic N) is 4. The predicted octanol–water partition coefficient (Wildman–Crippen LogP) is 4.78. The molecule has 0 atom stereocenters. The molecule has 0 saturated carbocycles. The summed E-state index contributed by atoms with van der Waals surface area (Å²) < 4.78 is 17.2. The molecule has 6 nitrogen and oxygen atoms in total. The van der Waals surface area contributed by atoms with Gasteiger partial charge in [-0.3, -0.25) is 9.36 Å². The molecular formula is C21H18ClFN6S. The Morgan fingerprint density at radius 2 is 1.70 bits per heavy atom. The van der Waals surface area contributed by atoms with Crippen molar-refractivity contribution in [1.29, 1.82) is 0 Å². The number of hydrogen-bond donors (Lipinski definition) is 2. The molecule has 0 aliphatic heterocycles. The van der Waals surface area contributed by atoms with E-state index in [0.717, 1.165) is 5.56 Å². The lowest BCUT2D eigenvalue weighted by Crippen LogP contribution is -2.20. The summed E-state index contributed by atoms with van der Waals surface area (Å²) in [6.45, 7) is 0.924. The van der Waals surface area contributed by atoms with E-state index in [1.165, 1.54) is 6.07 Å². The highest BCUT2D eigenvalue weighted by molar-refractivity contribution is 7.80. The molecule has 0 bridgehead atoms. The summed E-state index contributed by atoms with van der Waals surface area (Å²) in [5.41, 5.74) is 1.67. The molecule has 30 heavy (non-hydrogen) atoms. The predicted molar refractivity (Wildman–Crippen MR) is 120 cm³/mol. The van der Waals surface area contributed by atoms with E-state index >= 15 is 0 Å². The zero-order valence-electron chi connectivity index (χ0n) is 15.8. The first kappa shape index (κ1) is 20.1. The number of benzene rings is 2. The van der Waals surface area contributed by atoms with Crippen LogP contribution in [0.1, 0.15) is 11.1 Å². The van der Waals surface area contributed by atoms with Gasteiger partial charge in [0.25, 0.3) is 0 Å². The minimum absolute atomic E-state index is 0.263. The maximum absolute atomic E-state index is 13.8. The van der Waals surface area contributed by atoms with Gasteiger partial charge in [0.2, 0.25) is 0 Å². The summed E-state index contributed by atoms with van der Waals surface area (Å²) in [6, 6.07) is 18.3. The highest BCUT2D eigenvalue weighted by atomic mass is 35.5. The average molecular weight is 441 g/mol. The van der Waals surface area contributed by atoms with Crippen LogP contribution in [-0.4, -0.2) is 24.7 Å². The third-order valence-corrected chi connectivity index (χ3v) is 4.79. The van der Waals surface area contributed by atoms with E-state index in [0.29, 0.717) is 40.4 Å². The quantitative estimate of drug-likeness (QED) is 0.423. The molecule has 0 fully saturated rings. The average Bonchev–Trinajstić information content (AvgIpc) is 3.30. The lowest BCUT2D eigenvalue weighted by molar-refractivity contribution is 0.586. The number of nitrogens with one attached hydrogen (secondary N) is 2. The van der Waals surface area contributed by atoms with Crippen LogP contribution < -0.4 is 10.6 Å². The van der Waals surface area contributed by atoms with E-state index in [-0.39, 0.29) is 5.82 Å². The van der Waals surface area contributed by atoms with Gasteiger partial charge >= 0.3 is 0 Å². The van der Waals surface area contributed by atoms with Crippen molar-refractivity contribution >= 4 is 40.6 Å². The Kier molecular flexibility index (Phi) is 6.06. The first-order chi connectivity index (χ1) is 14.6. The van der Waals surface area contributed by atoms with E-state index in [2.05, 4.69) is 20.8 Å². The third-order valence-electron chi connectivity index (χ3n) is 4.31. The fraction of sp³-hybridized carbons (Fsp3) is 0.0952. The largest absolute Gasteiger partial charge is 0.316 e. The molecule has 2 aromatic carbocycles. The van der Waals surface area contributed by atoms with E-state index in [9.17, 15) is 4.39 Å². The number of thiocarbonyl (C=S) groups is 1. The van der Waals surface area contributed by atoms with Gasteiger partial charge in [-0.1, -0.05) is 60.1 Å². The molecule has 0 spiro atoms. The molecule has 2 heterocycles. The number of rotatable bonds is 6. The Morgan fingerprint density at radius 3 is 2.50 bits per heavy atom. The number of anilines is 2. The molecule has 4 aromatic rings. The van der Waals surface area contributed by atoms with Gasteiger partial charge in [-0.05, 0) is 23.8 Å². The van der Waals surface area contributed by atoms with E-state index in [1.54, 1.807) is 46.0 Å². The Balaban J connectivity index is 1.36. The van der Waals surface area contributed by atoms with Crippen molar-refractivity contribution in [3.8, 4) is 0 Å². The highest BCUT2D eigenvalue weighted by Gasteiger charge is 2.10. The molecule has 0 aliphatic carbocycles. The molecule has 0 aliphatic rings. The molecule has 152 valence electrons. The van der Waals surface area contributed by atoms with Crippen LogP contribution in [0.5, 0.6) is 0 Å². The normalized spacial score (nSPS) is 10.7. The lowest BCUT2D eigenvalue weighted by Gasteiger charge is -2.07.